The van der Waals surface area contributed by atoms with Gasteiger partial charge in [-0.15, -0.1) is 0 Å². The van der Waals surface area contributed by atoms with E-state index in [9.17, 15) is 8.42 Å². The first-order valence-electron chi connectivity index (χ1n) is 8.47. The maximum absolute atomic E-state index is 12.2. The molecule has 0 spiro atoms. The molecule has 0 aliphatic heterocycles. The van der Waals surface area contributed by atoms with Gasteiger partial charge >= 0.3 is 0 Å². The number of anilines is 1. The van der Waals surface area contributed by atoms with Crippen molar-refractivity contribution in [1.82, 2.24) is 4.31 Å². The number of rotatable bonds is 9. The Labute approximate surface area is 155 Å². The molecule has 2 aromatic rings. The van der Waals surface area contributed by atoms with Crippen LogP contribution in [0, 0.1) is 6.92 Å². The number of hydrogen-bond acceptors (Lipinski definition) is 5. The maximum atomic E-state index is 12.2. The molecule has 2 rings (SSSR count). The predicted molar refractivity (Wildman–Crippen MR) is 104 cm³/mol. The van der Waals surface area contributed by atoms with Gasteiger partial charge in [0.15, 0.2) is 0 Å². The molecule has 0 aliphatic carbocycles. The van der Waals surface area contributed by atoms with E-state index < -0.39 is 10.0 Å². The van der Waals surface area contributed by atoms with Crippen molar-refractivity contribution in [2.75, 3.05) is 39.2 Å². The van der Waals surface area contributed by atoms with Crippen molar-refractivity contribution in [3.63, 3.8) is 0 Å². The van der Waals surface area contributed by atoms with Crippen molar-refractivity contribution >= 4 is 15.7 Å². The van der Waals surface area contributed by atoms with Gasteiger partial charge in [-0.3, -0.25) is 0 Å². The Morgan fingerprint density at radius 3 is 2.19 bits per heavy atom. The van der Waals surface area contributed by atoms with E-state index in [4.69, 9.17) is 9.47 Å². The van der Waals surface area contributed by atoms with Gasteiger partial charge < -0.3 is 14.8 Å². The smallest absolute Gasteiger partial charge is 0.242 e. The number of sulfonamides is 1. The van der Waals surface area contributed by atoms with E-state index in [2.05, 4.69) is 5.32 Å². The monoisotopic (exact) mass is 378 g/mol. The Bertz CT molecular complexity index is 818. The lowest BCUT2D eigenvalue weighted by Crippen LogP contribution is -2.22. The number of aryl methyl sites for hydroxylation is 1. The van der Waals surface area contributed by atoms with E-state index in [1.54, 1.807) is 18.2 Å². The van der Waals surface area contributed by atoms with E-state index in [0.29, 0.717) is 19.8 Å². The number of benzene rings is 2. The van der Waals surface area contributed by atoms with Crippen LogP contribution in [0.1, 0.15) is 12.5 Å². The molecule has 0 aliphatic rings. The summed E-state index contributed by atoms with van der Waals surface area (Å²) in [5.74, 6) is 1.57. The minimum atomic E-state index is -3.45. The standard InChI is InChI=1S/C19H26N2O4S/c1-5-24-16-7-9-17(10-8-16)25-13-12-20-19-14-18(11-6-15(19)2)26(22,23)21(3)4/h6-11,14,20H,5,12-13H2,1-4H3. The highest BCUT2D eigenvalue weighted by Crippen LogP contribution is 2.22. The molecule has 0 atom stereocenters. The first-order valence-corrected chi connectivity index (χ1v) is 9.91. The average Bonchev–Trinajstić information content (AvgIpc) is 2.61. The predicted octanol–water partition coefficient (Wildman–Crippen LogP) is 3.13. The molecular weight excluding hydrogens is 352 g/mol. The fraction of sp³-hybridized carbons (Fsp3) is 0.368. The molecule has 0 amide bonds. The summed E-state index contributed by atoms with van der Waals surface area (Å²) in [7, 11) is -0.407. The van der Waals surface area contributed by atoms with E-state index in [-0.39, 0.29) is 4.90 Å². The lowest BCUT2D eigenvalue weighted by atomic mass is 10.2. The minimum absolute atomic E-state index is 0.267. The molecular formula is C19H26N2O4S. The fourth-order valence-corrected chi connectivity index (χ4v) is 3.24. The van der Waals surface area contributed by atoms with Crippen LogP contribution in [0.15, 0.2) is 47.4 Å². The first-order chi connectivity index (χ1) is 12.3. The Morgan fingerprint density at radius 1 is 1.00 bits per heavy atom. The van der Waals surface area contributed by atoms with E-state index in [1.807, 2.05) is 38.1 Å². The number of nitrogens with one attached hydrogen (secondary N) is 1. The minimum Gasteiger partial charge on any atom is -0.494 e. The first kappa shape index (κ1) is 20.1. The van der Waals surface area contributed by atoms with Crippen molar-refractivity contribution in [1.29, 1.82) is 0 Å². The molecule has 7 heteroatoms. The third-order valence-corrected chi connectivity index (χ3v) is 5.62. The summed E-state index contributed by atoms with van der Waals surface area (Å²) in [4.78, 5) is 0.267. The summed E-state index contributed by atoms with van der Waals surface area (Å²) in [6, 6.07) is 12.5. The Kier molecular flexibility index (Phi) is 6.88. The molecule has 0 heterocycles. The van der Waals surface area contributed by atoms with Crippen LogP contribution in [0.3, 0.4) is 0 Å². The Morgan fingerprint density at radius 2 is 1.62 bits per heavy atom. The molecule has 0 saturated carbocycles. The van der Waals surface area contributed by atoms with Crippen molar-refractivity contribution in [3.8, 4) is 11.5 Å². The zero-order valence-electron chi connectivity index (χ0n) is 15.7. The fourth-order valence-electron chi connectivity index (χ4n) is 2.32. The van der Waals surface area contributed by atoms with Crippen LogP contribution in [-0.2, 0) is 10.0 Å². The molecule has 2 aromatic carbocycles. The van der Waals surface area contributed by atoms with E-state index in [1.165, 1.54) is 18.4 Å². The summed E-state index contributed by atoms with van der Waals surface area (Å²) >= 11 is 0. The molecule has 0 aromatic heterocycles. The highest BCUT2D eigenvalue weighted by Gasteiger charge is 2.17. The summed E-state index contributed by atoms with van der Waals surface area (Å²) < 4.78 is 36.8. The lowest BCUT2D eigenvalue weighted by Gasteiger charge is -2.15. The second kappa shape index (κ2) is 8.91. The normalized spacial score (nSPS) is 11.4. The molecule has 26 heavy (non-hydrogen) atoms. The van der Waals surface area contributed by atoms with Crippen LogP contribution in [0.25, 0.3) is 0 Å². The topological polar surface area (TPSA) is 67.9 Å². The highest BCUT2D eigenvalue weighted by molar-refractivity contribution is 7.89. The molecule has 1 N–H and O–H groups in total. The van der Waals surface area contributed by atoms with Crippen LogP contribution >= 0.6 is 0 Å². The number of hydrogen-bond donors (Lipinski definition) is 1. The molecule has 6 nitrogen and oxygen atoms in total. The largest absolute Gasteiger partial charge is 0.494 e. The molecule has 0 unspecified atom stereocenters. The van der Waals surface area contributed by atoms with Crippen LogP contribution in [0.2, 0.25) is 0 Å². The highest BCUT2D eigenvalue weighted by atomic mass is 32.2. The number of ether oxygens (including phenoxy) is 2. The van der Waals surface area contributed by atoms with Crippen LogP contribution in [-0.4, -0.2) is 46.6 Å². The maximum Gasteiger partial charge on any atom is 0.242 e. The average molecular weight is 378 g/mol. The Hall–Kier alpha value is -2.25. The summed E-state index contributed by atoms with van der Waals surface area (Å²) in [6.45, 7) is 5.52. The quantitative estimate of drug-likeness (QED) is 0.679. The van der Waals surface area contributed by atoms with Gasteiger partial charge in [0.25, 0.3) is 0 Å². The van der Waals surface area contributed by atoms with Gasteiger partial charge in [-0.25, -0.2) is 12.7 Å². The zero-order chi connectivity index (χ0) is 19.2. The molecule has 0 saturated heterocycles. The van der Waals surface area contributed by atoms with Gasteiger partial charge in [-0.05, 0) is 55.8 Å². The number of nitrogens with zero attached hydrogens (tertiary/aromatic N) is 1. The van der Waals surface area contributed by atoms with Crippen LogP contribution in [0.5, 0.6) is 11.5 Å². The van der Waals surface area contributed by atoms with Gasteiger partial charge in [-0.2, -0.15) is 0 Å². The summed E-state index contributed by atoms with van der Waals surface area (Å²) in [5.41, 5.74) is 1.76. The SMILES string of the molecule is CCOc1ccc(OCCNc2cc(S(=O)(=O)N(C)C)ccc2C)cc1. The molecule has 0 bridgehead atoms. The van der Waals surface area contributed by atoms with Gasteiger partial charge in [0, 0.05) is 26.3 Å². The van der Waals surface area contributed by atoms with Gasteiger partial charge in [-0.1, -0.05) is 6.07 Å². The summed E-state index contributed by atoms with van der Waals surface area (Å²) in [6.07, 6.45) is 0. The third-order valence-electron chi connectivity index (χ3n) is 3.81. The van der Waals surface area contributed by atoms with Crippen molar-refractivity contribution in [2.45, 2.75) is 18.7 Å². The van der Waals surface area contributed by atoms with E-state index in [0.717, 1.165) is 22.7 Å². The van der Waals surface area contributed by atoms with Gasteiger partial charge in [0.1, 0.15) is 18.1 Å². The second-order valence-electron chi connectivity index (χ2n) is 5.94. The zero-order valence-corrected chi connectivity index (χ0v) is 16.5. The van der Waals surface area contributed by atoms with Crippen molar-refractivity contribution in [3.05, 3.63) is 48.0 Å². The second-order valence-corrected chi connectivity index (χ2v) is 8.10. The van der Waals surface area contributed by atoms with Gasteiger partial charge in [0.2, 0.25) is 10.0 Å². The molecule has 0 radical (unpaired) electrons. The van der Waals surface area contributed by atoms with Crippen LogP contribution < -0.4 is 14.8 Å². The van der Waals surface area contributed by atoms with Crippen LogP contribution in [0.4, 0.5) is 5.69 Å². The Balaban J connectivity index is 1.93. The van der Waals surface area contributed by atoms with Gasteiger partial charge in [0.05, 0.1) is 11.5 Å². The van der Waals surface area contributed by atoms with Crippen molar-refractivity contribution in [2.24, 2.45) is 0 Å². The molecule has 0 fully saturated rings. The van der Waals surface area contributed by atoms with Crippen molar-refractivity contribution < 1.29 is 17.9 Å². The lowest BCUT2D eigenvalue weighted by molar-refractivity contribution is 0.326. The summed E-state index contributed by atoms with van der Waals surface area (Å²) in [5, 5.41) is 3.23. The third kappa shape index (κ3) is 5.12. The van der Waals surface area contributed by atoms with E-state index >= 15 is 0 Å². The molecule has 142 valence electrons.